The van der Waals surface area contributed by atoms with E-state index in [9.17, 15) is 4.79 Å². The molecule has 0 bridgehead atoms. The van der Waals surface area contributed by atoms with Crippen molar-refractivity contribution in [3.63, 3.8) is 0 Å². The summed E-state index contributed by atoms with van der Waals surface area (Å²) in [7, 11) is 2.16. The molecule has 68 valence electrons. The van der Waals surface area contributed by atoms with Crippen molar-refractivity contribution >= 4 is 5.91 Å². The van der Waals surface area contributed by atoms with Gasteiger partial charge in [0.2, 0.25) is 5.91 Å². The van der Waals surface area contributed by atoms with Gasteiger partial charge >= 0.3 is 0 Å². The van der Waals surface area contributed by atoms with Crippen LogP contribution in [0, 0.1) is 11.8 Å². The van der Waals surface area contributed by atoms with Crippen LogP contribution in [0.15, 0.2) is 0 Å². The molecule has 0 aliphatic carbocycles. The van der Waals surface area contributed by atoms with E-state index in [1.54, 1.807) is 0 Å². The van der Waals surface area contributed by atoms with Crippen LogP contribution in [0.2, 0.25) is 0 Å². The van der Waals surface area contributed by atoms with E-state index in [-0.39, 0.29) is 5.91 Å². The van der Waals surface area contributed by atoms with Gasteiger partial charge in [-0.2, -0.15) is 0 Å². The minimum atomic E-state index is 0.245. The minimum absolute atomic E-state index is 0.245. The van der Waals surface area contributed by atoms with Crippen LogP contribution in [0.1, 0.15) is 12.8 Å². The summed E-state index contributed by atoms with van der Waals surface area (Å²) >= 11 is 0. The van der Waals surface area contributed by atoms with Crippen molar-refractivity contribution in [2.24, 2.45) is 11.8 Å². The third-order valence-electron chi connectivity index (χ3n) is 3.10. The number of nitrogens with zero attached hydrogens (tertiary/aromatic N) is 1. The zero-order valence-electron chi connectivity index (χ0n) is 7.55. The van der Waals surface area contributed by atoms with Gasteiger partial charge < -0.3 is 10.2 Å². The summed E-state index contributed by atoms with van der Waals surface area (Å²) in [5, 5.41) is 2.90. The molecule has 0 aromatic carbocycles. The van der Waals surface area contributed by atoms with E-state index < -0.39 is 0 Å². The first-order valence-corrected chi connectivity index (χ1v) is 4.71. The lowest BCUT2D eigenvalue weighted by Crippen LogP contribution is -2.21. The van der Waals surface area contributed by atoms with Gasteiger partial charge in [0, 0.05) is 19.5 Å². The monoisotopic (exact) mass is 168 g/mol. The maximum absolute atomic E-state index is 11.0. The number of nitrogens with one attached hydrogen (secondary N) is 1. The van der Waals surface area contributed by atoms with Crippen LogP contribution in [0.4, 0.5) is 0 Å². The van der Waals surface area contributed by atoms with E-state index in [0.29, 0.717) is 5.92 Å². The van der Waals surface area contributed by atoms with Gasteiger partial charge in [0.05, 0.1) is 0 Å². The quantitative estimate of drug-likeness (QED) is 0.601. The van der Waals surface area contributed by atoms with Crippen molar-refractivity contribution < 1.29 is 4.79 Å². The van der Waals surface area contributed by atoms with E-state index in [4.69, 9.17) is 0 Å². The summed E-state index contributed by atoms with van der Waals surface area (Å²) in [5.41, 5.74) is 0. The van der Waals surface area contributed by atoms with E-state index in [0.717, 1.165) is 18.9 Å². The Hall–Kier alpha value is -0.570. The van der Waals surface area contributed by atoms with Gasteiger partial charge in [-0.25, -0.2) is 0 Å². The van der Waals surface area contributed by atoms with E-state index >= 15 is 0 Å². The standard InChI is InChI=1S/C9H16N2O/c1-11-3-2-7(6-11)8-4-9(12)10-5-8/h7-8H,2-6H2,1H3,(H,10,12). The molecule has 0 spiro atoms. The summed E-state index contributed by atoms with van der Waals surface area (Å²) in [5.74, 6) is 1.62. The maximum Gasteiger partial charge on any atom is 0.220 e. The second kappa shape index (κ2) is 3.05. The lowest BCUT2D eigenvalue weighted by molar-refractivity contribution is -0.119. The van der Waals surface area contributed by atoms with Crippen LogP contribution in [-0.4, -0.2) is 37.5 Å². The first-order chi connectivity index (χ1) is 5.75. The molecule has 2 heterocycles. The van der Waals surface area contributed by atoms with Crippen molar-refractivity contribution in [2.75, 3.05) is 26.7 Å². The van der Waals surface area contributed by atoms with Crippen molar-refractivity contribution in [3.05, 3.63) is 0 Å². The fourth-order valence-corrected chi connectivity index (χ4v) is 2.31. The Balaban J connectivity index is 1.89. The van der Waals surface area contributed by atoms with Gasteiger partial charge in [0.25, 0.3) is 0 Å². The van der Waals surface area contributed by atoms with Gasteiger partial charge in [0.1, 0.15) is 0 Å². The zero-order chi connectivity index (χ0) is 8.55. The molecule has 1 N–H and O–H groups in total. The van der Waals surface area contributed by atoms with Crippen molar-refractivity contribution in [2.45, 2.75) is 12.8 Å². The number of likely N-dealkylation sites (tertiary alicyclic amines) is 1. The minimum Gasteiger partial charge on any atom is -0.356 e. The summed E-state index contributed by atoms with van der Waals surface area (Å²) < 4.78 is 0. The molecule has 0 saturated carbocycles. The van der Waals surface area contributed by atoms with E-state index in [1.807, 2.05) is 0 Å². The first kappa shape index (κ1) is 8.05. The molecular formula is C9H16N2O. The van der Waals surface area contributed by atoms with Gasteiger partial charge in [0.15, 0.2) is 0 Å². The highest BCUT2D eigenvalue weighted by Crippen LogP contribution is 2.27. The molecule has 2 aliphatic heterocycles. The summed E-state index contributed by atoms with van der Waals surface area (Å²) in [6.07, 6.45) is 2.04. The van der Waals surface area contributed by atoms with E-state index in [2.05, 4.69) is 17.3 Å². The Labute approximate surface area is 73.1 Å². The third-order valence-corrected chi connectivity index (χ3v) is 3.10. The molecule has 3 heteroatoms. The average molecular weight is 168 g/mol. The normalized spacial score (nSPS) is 37.2. The highest BCUT2D eigenvalue weighted by atomic mass is 16.1. The van der Waals surface area contributed by atoms with Crippen LogP contribution < -0.4 is 5.32 Å². The Bertz CT molecular complexity index is 193. The largest absolute Gasteiger partial charge is 0.356 e. The number of hydrogen-bond acceptors (Lipinski definition) is 2. The molecule has 2 unspecified atom stereocenters. The van der Waals surface area contributed by atoms with Crippen LogP contribution in [0.3, 0.4) is 0 Å². The highest BCUT2D eigenvalue weighted by Gasteiger charge is 2.32. The van der Waals surface area contributed by atoms with Crippen LogP contribution in [0.5, 0.6) is 0 Å². The molecule has 2 atom stereocenters. The van der Waals surface area contributed by atoms with Gasteiger partial charge in [-0.15, -0.1) is 0 Å². The van der Waals surface area contributed by atoms with Crippen molar-refractivity contribution in [1.82, 2.24) is 10.2 Å². The fraction of sp³-hybridized carbons (Fsp3) is 0.889. The SMILES string of the molecule is CN1CCC(C2CNC(=O)C2)C1. The maximum atomic E-state index is 11.0. The number of hydrogen-bond donors (Lipinski definition) is 1. The molecular weight excluding hydrogens is 152 g/mol. The van der Waals surface area contributed by atoms with Gasteiger partial charge in [-0.1, -0.05) is 0 Å². The van der Waals surface area contributed by atoms with Crippen LogP contribution in [-0.2, 0) is 4.79 Å². The predicted octanol–water partition coefficient (Wildman–Crippen LogP) is 0.0742. The van der Waals surface area contributed by atoms with Crippen LogP contribution >= 0.6 is 0 Å². The third kappa shape index (κ3) is 1.46. The molecule has 2 aliphatic rings. The molecule has 1 amide bonds. The molecule has 2 rings (SSSR count). The molecule has 0 radical (unpaired) electrons. The molecule has 3 nitrogen and oxygen atoms in total. The number of carbonyl (C=O) groups excluding carboxylic acids is 1. The fourth-order valence-electron chi connectivity index (χ4n) is 2.31. The van der Waals surface area contributed by atoms with E-state index in [1.165, 1.54) is 19.5 Å². The average Bonchev–Trinajstić information content (AvgIpc) is 2.58. The Morgan fingerprint density at radius 3 is 2.83 bits per heavy atom. The van der Waals surface area contributed by atoms with Crippen molar-refractivity contribution in [1.29, 1.82) is 0 Å². The highest BCUT2D eigenvalue weighted by molar-refractivity contribution is 5.78. The number of carbonyl (C=O) groups is 1. The Kier molecular flexibility index (Phi) is 2.05. The lowest BCUT2D eigenvalue weighted by Gasteiger charge is -2.15. The summed E-state index contributed by atoms with van der Waals surface area (Å²) in [6, 6.07) is 0. The molecule has 12 heavy (non-hydrogen) atoms. The Morgan fingerprint density at radius 2 is 2.33 bits per heavy atom. The van der Waals surface area contributed by atoms with Gasteiger partial charge in [-0.05, 0) is 31.8 Å². The second-order valence-electron chi connectivity index (χ2n) is 4.08. The molecule has 0 aromatic heterocycles. The Morgan fingerprint density at radius 1 is 1.50 bits per heavy atom. The summed E-state index contributed by atoms with van der Waals surface area (Å²) in [4.78, 5) is 13.3. The topological polar surface area (TPSA) is 32.3 Å². The predicted molar refractivity (Wildman–Crippen MR) is 46.7 cm³/mol. The zero-order valence-corrected chi connectivity index (χ0v) is 7.55. The molecule has 0 aromatic rings. The second-order valence-corrected chi connectivity index (χ2v) is 4.08. The first-order valence-electron chi connectivity index (χ1n) is 4.71. The molecule has 2 saturated heterocycles. The summed E-state index contributed by atoms with van der Waals surface area (Å²) in [6.45, 7) is 3.30. The number of rotatable bonds is 1. The molecule has 2 fully saturated rings. The van der Waals surface area contributed by atoms with Crippen LogP contribution in [0.25, 0.3) is 0 Å². The van der Waals surface area contributed by atoms with Gasteiger partial charge in [-0.3, -0.25) is 4.79 Å². The lowest BCUT2D eigenvalue weighted by atomic mass is 9.91. The number of amides is 1. The smallest absolute Gasteiger partial charge is 0.220 e. The van der Waals surface area contributed by atoms with Crippen molar-refractivity contribution in [3.8, 4) is 0 Å².